The molecule has 11 heteroatoms. The van der Waals surface area contributed by atoms with Gasteiger partial charge in [-0.25, -0.2) is 18.4 Å². The predicted molar refractivity (Wildman–Crippen MR) is 149 cm³/mol. The topological polar surface area (TPSA) is 113 Å². The Morgan fingerprint density at radius 2 is 1.95 bits per heavy atom. The summed E-state index contributed by atoms with van der Waals surface area (Å²) in [6.07, 6.45) is 8.00. The van der Waals surface area contributed by atoms with Crippen LogP contribution in [-0.4, -0.2) is 78.7 Å². The van der Waals surface area contributed by atoms with Crippen molar-refractivity contribution < 1.29 is 13.2 Å². The van der Waals surface area contributed by atoms with Crippen molar-refractivity contribution in [1.29, 1.82) is 0 Å². The third kappa shape index (κ3) is 4.66. The number of nitrogens with one attached hydrogen (secondary N) is 1. The van der Waals surface area contributed by atoms with E-state index in [1.54, 1.807) is 6.20 Å². The molecule has 0 radical (unpaired) electrons. The molecule has 0 amide bonds. The maximum atomic E-state index is 11.8. The van der Waals surface area contributed by atoms with E-state index in [9.17, 15) is 8.42 Å². The molecule has 4 atom stereocenters. The van der Waals surface area contributed by atoms with E-state index in [2.05, 4.69) is 40.9 Å². The quantitative estimate of drug-likeness (QED) is 0.481. The van der Waals surface area contributed by atoms with E-state index in [0.717, 1.165) is 54.3 Å². The summed E-state index contributed by atoms with van der Waals surface area (Å²) >= 11 is 0. The molecular formula is C27H35N7O3S. The van der Waals surface area contributed by atoms with Gasteiger partial charge < -0.3 is 19.9 Å². The van der Waals surface area contributed by atoms with Crippen LogP contribution in [0.2, 0.25) is 0 Å². The SMILES string of the molecule is CC(C)c1ncc(N2C[C@H](CS(C)(=O)=O)[C@H]2C)c2cnc(Nc3ccnc(N4CC[C@H]5COC[C@H]54)n3)cc12. The molecule has 0 aromatic carbocycles. The molecule has 0 unspecified atom stereocenters. The summed E-state index contributed by atoms with van der Waals surface area (Å²) in [5.41, 5.74) is 2.00. The van der Waals surface area contributed by atoms with Crippen LogP contribution in [0, 0.1) is 11.8 Å². The highest BCUT2D eigenvalue weighted by Gasteiger charge is 2.40. The molecule has 3 saturated heterocycles. The van der Waals surface area contributed by atoms with E-state index in [0.29, 0.717) is 30.1 Å². The summed E-state index contributed by atoms with van der Waals surface area (Å²) in [6.45, 7) is 9.55. The maximum Gasteiger partial charge on any atom is 0.227 e. The molecule has 0 bridgehead atoms. The Hall–Kier alpha value is -3.05. The summed E-state index contributed by atoms with van der Waals surface area (Å²) in [6, 6.07) is 4.36. The van der Waals surface area contributed by atoms with Gasteiger partial charge >= 0.3 is 0 Å². The van der Waals surface area contributed by atoms with Crippen molar-refractivity contribution in [2.24, 2.45) is 11.8 Å². The van der Waals surface area contributed by atoms with E-state index in [4.69, 9.17) is 19.7 Å². The number of hydrogen-bond acceptors (Lipinski definition) is 10. The minimum Gasteiger partial charge on any atom is -0.379 e. The Bertz CT molecular complexity index is 1460. The van der Waals surface area contributed by atoms with Crippen molar-refractivity contribution in [2.75, 3.05) is 53.4 Å². The monoisotopic (exact) mass is 537 g/mol. The van der Waals surface area contributed by atoms with Crippen molar-refractivity contribution in [3.05, 3.63) is 36.4 Å². The number of hydrogen-bond donors (Lipinski definition) is 1. The van der Waals surface area contributed by atoms with Crippen LogP contribution in [0.15, 0.2) is 30.7 Å². The average molecular weight is 538 g/mol. The molecule has 10 nitrogen and oxygen atoms in total. The van der Waals surface area contributed by atoms with Gasteiger partial charge in [-0.2, -0.15) is 4.98 Å². The first-order valence-electron chi connectivity index (χ1n) is 13.4. The van der Waals surface area contributed by atoms with Gasteiger partial charge in [0.25, 0.3) is 0 Å². The number of aromatic nitrogens is 4. The fourth-order valence-corrected chi connectivity index (χ4v) is 7.26. The number of anilines is 4. The van der Waals surface area contributed by atoms with E-state index in [1.807, 2.05) is 24.5 Å². The van der Waals surface area contributed by atoms with Crippen LogP contribution in [0.4, 0.5) is 23.3 Å². The number of nitrogens with zero attached hydrogens (tertiary/aromatic N) is 6. The molecule has 38 heavy (non-hydrogen) atoms. The Morgan fingerprint density at radius 1 is 1.11 bits per heavy atom. The highest BCUT2D eigenvalue weighted by Crippen LogP contribution is 2.39. The molecule has 6 heterocycles. The van der Waals surface area contributed by atoms with Crippen LogP contribution >= 0.6 is 0 Å². The molecule has 0 aliphatic carbocycles. The number of fused-ring (bicyclic) bond motifs is 2. The zero-order valence-electron chi connectivity index (χ0n) is 22.3. The smallest absolute Gasteiger partial charge is 0.227 e. The molecular weight excluding hydrogens is 502 g/mol. The first kappa shape index (κ1) is 25.2. The van der Waals surface area contributed by atoms with Gasteiger partial charge in [-0.05, 0) is 31.4 Å². The van der Waals surface area contributed by atoms with Crippen LogP contribution in [0.25, 0.3) is 10.8 Å². The minimum atomic E-state index is -3.01. The molecule has 0 saturated carbocycles. The van der Waals surface area contributed by atoms with Crippen molar-refractivity contribution in [2.45, 2.75) is 45.2 Å². The Morgan fingerprint density at radius 3 is 2.71 bits per heavy atom. The van der Waals surface area contributed by atoms with Crippen molar-refractivity contribution in [3.63, 3.8) is 0 Å². The van der Waals surface area contributed by atoms with Gasteiger partial charge in [0, 0.05) is 60.4 Å². The lowest BCUT2D eigenvalue weighted by molar-refractivity contribution is 0.179. The zero-order valence-corrected chi connectivity index (χ0v) is 23.1. The van der Waals surface area contributed by atoms with Gasteiger partial charge in [-0.15, -0.1) is 0 Å². The van der Waals surface area contributed by atoms with Gasteiger partial charge in [0.1, 0.15) is 21.5 Å². The van der Waals surface area contributed by atoms with Gasteiger partial charge in [-0.1, -0.05) is 13.8 Å². The first-order valence-corrected chi connectivity index (χ1v) is 15.4. The molecule has 3 aromatic heterocycles. The van der Waals surface area contributed by atoms with Crippen LogP contribution in [0.1, 0.15) is 38.8 Å². The maximum absolute atomic E-state index is 11.8. The molecule has 3 fully saturated rings. The predicted octanol–water partition coefficient (Wildman–Crippen LogP) is 3.38. The van der Waals surface area contributed by atoms with Crippen LogP contribution in [0.5, 0.6) is 0 Å². The number of pyridine rings is 2. The van der Waals surface area contributed by atoms with E-state index in [-0.39, 0.29) is 23.6 Å². The lowest BCUT2D eigenvalue weighted by Gasteiger charge is -2.48. The Labute approximate surface area is 223 Å². The fraction of sp³-hybridized carbons (Fsp3) is 0.556. The molecule has 6 rings (SSSR count). The Kier molecular flexibility index (Phi) is 6.38. The number of ether oxygens (including phenoxy) is 1. The van der Waals surface area contributed by atoms with Gasteiger partial charge in [0.15, 0.2) is 0 Å². The van der Waals surface area contributed by atoms with Gasteiger partial charge in [0.2, 0.25) is 5.95 Å². The van der Waals surface area contributed by atoms with Crippen LogP contribution in [0.3, 0.4) is 0 Å². The summed E-state index contributed by atoms with van der Waals surface area (Å²) in [5, 5.41) is 5.43. The van der Waals surface area contributed by atoms with Crippen molar-refractivity contribution in [3.8, 4) is 0 Å². The lowest BCUT2D eigenvalue weighted by atomic mass is 9.90. The van der Waals surface area contributed by atoms with E-state index >= 15 is 0 Å². The summed E-state index contributed by atoms with van der Waals surface area (Å²) in [7, 11) is -3.01. The summed E-state index contributed by atoms with van der Waals surface area (Å²) in [4.78, 5) is 23.4. The molecule has 0 spiro atoms. The minimum absolute atomic E-state index is 0.118. The molecule has 3 aromatic rings. The third-order valence-corrected chi connectivity index (χ3v) is 9.26. The highest BCUT2D eigenvalue weighted by molar-refractivity contribution is 7.90. The summed E-state index contributed by atoms with van der Waals surface area (Å²) in [5.74, 6) is 3.22. The molecule has 1 N–H and O–H groups in total. The normalized spacial score (nSPS) is 25.2. The van der Waals surface area contributed by atoms with Crippen LogP contribution < -0.4 is 15.1 Å². The van der Waals surface area contributed by atoms with Crippen molar-refractivity contribution in [1.82, 2.24) is 19.9 Å². The van der Waals surface area contributed by atoms with Gasteiger partial charge in [-0.3, -0.25) is 4.98 Å². The summed E-state index contributed by atoms with van der Waals surface area (Å²) < 4.78 is 29.3. The van der Waals surface area contributed by atoms with Crippen molar-refractivity contribution >= 4 is 43.9 Å². The fourth-order valence-electron chi connectivity index (χ4n) is 6.10. The second-order valence-corrected chi connectivity index (χ2v) is 13.4. The first-order chi connectivity index (χ1) is 18.2. The average Bonchev–Trinajstić information content (AvgIpc) is 3.49. The largest absolute Gasteiger partial charge is 0.379 e. The molecule has 3 aliphatic rings. The second-order valence-electron chi connectivity index (χ2n) is 11.3. The lowest BCUT2D eigenvalue weighted by Crippen LogP contribution is -2.57. The van der Waals surface area contributed by atoms with E-state index in [1.165, 1.54) is 6.26 Å². The zero-order chi connectivity index (χ0) is 26.6. The third-order valence-electron chi connectivity index (χ3n) is 8.22. The van der Waals surface area contributed by atoms with Gasteiger partial charge in [0.05, 0.1) is 42.6 Å². The second kappa shape index (κ2) is 9.60. The Balaban J connectivity index is 1.28. The highest BCUT2D eigenvalue weighted by atomic mass is 32.2. The van der Waals surface area contributed by atoms with Crippen LogP contribution in [-0.2, 0) is 14.6 Å². The number of sulfone groups is 1. The molecule has 202 valence electrons. The number of rotatable bonds is 7. The standard InChI is InChI=1S/C27H35N7O3S/c1-16(2)26-20-9-25(31-24-5-7-28-27(32-24)33-8-6-18-13-37-14-23(18)33)29-10-21(20)22(11-30-26)34-12-19(17(34)3)15-38(4,35)36/h5,7,9-11,16-19,23H,6,8,12-15H2,1-4H3,(H,28,29,31,32)/t17-,18+,19-,23-/m1/s1. The van der Waals surface area contributed by atoms with E-state index < -0.39 is 9.84 Å². The molecule has 3 aliphatic heterocycles.